The molecule has 2 aromatic rings. The summed E-state index contributed by atoms with van der Waals surface area (Å²) in [5.41, 5.74) is 7.27. The number of Topliss-reactive ketones (excluding diaryl/α,β-unsaturated/α-hetero) is 1. The highest BCUT2D eigenvalue weighted by Gasteiger charge is 2.15. The van der Waals surface area contributed by atoms with Gasteiger partial charge in [-0.1, -0.05) is 25.1 Å². The van der Waals surface area contributed by atoms with Gasteiger partial charge in [0, 0.05) is 17.1 Å². The second-order valence-electron chi connectivity index (χ2n) is 3.75. The maximum Gasteiger partial charge on any atom is 0.180 e. The van der Waals surface area contributed by atoms with Crippen LogP contribution in [0, 0.1) is 0 Å². The average Bonchev–Trinajstić information content (AvgIpc) is 2.36. The van der Waals surface area contributed by atoms with Gasteiger partial charge in [0.2, 0.25) is 0 Å². The summed E-state index contributed by atoms with van der Waals surface area (Å²) in [6.07, 6.45) is 2.37. The molecule has 0 aliphatic heterocycles. The first-order valence-corrected chi connectivity index (χ1v) is 5.37. The number of pyridine rings is 1. The number of carbonyl (C=O) groups excluding carboxylic acids is 1. The van der Waals surface area contributed by atoms with Crippen LogP contribution in [0.5, 0.6) is 0 Å². The van der Waals surface area contributed by atoms with Gasteiger partial charge in [-0.15, -0.1) is 0 Å². The number of ketones is 1. The summed E-state index contributed by atoms with van der Waals surface area (Å²) in [5.74, 6) is -0.0129. The van der Waals surface area contributed by atoms with E-state index in [4.69, 9.17) is 5.73 Å². The van der Waals surface area contributed by atoms with Gasteiger partial charge in [-0.05, 0) is 18.6 Å². The lowest BCUT2D eigenvalue weighted by Crippen LogP contribution is -2.29. The van der Waals surface area contributed by atoms with Gasteiger partial charge in [-0.3, -0.25) is 9.78 Å². The van der Waals surface area contributed by atoms with Gasteiger partial charge < -0.3 is 5.73 Å². The third-order valence-corrected chi connectivity index (χ3v) is 2.69. The molecule has 1 heterocycles. The average molecular weight is 214 g/mol. The molecule has 3 nitrogen and oxygen atoms in total. The second-order valence-corrected chi connectivity index (χ2v) is 3.75. The smallest absolute Gasteiger partial charge is 0.180 e. The Morgan fingerprint density at radius 3 is 2.94 bits per heavy atom. The van der Waals surface area contributed by atoms with Crippen LogP contribution in [0.2, 0.25) is 0 Å². The molecule has 0 saturated carbocycles. The van der Waals surface area contributed by atoms with Gasteiger partial charge in [0.1, 0.15) is 0 Å². The zero-order chi connectivity index (χ0) is 11.5. The SMILES string of the molecule is CCC(N)C(=O)c1cccc2ncccc12. The maximum absolute atomic E-state index is 12.0. The molecule has 1 aromatic heterocycles. The quantitative estimate of drug-likeness (QED) is 0.796. The van der Waals surface area contributed by atoms with Crippen molar-refractivity contribution in [1.82, 2.24) is 4.98 Å². The number of nitrogens with zero attached hydrogens (tertiary/aromatic N) is 1. The van der Waals surface area contributed by atoms with Gasteiger partial charge in [0.05, 0.1) is 11.6 Å². The standard InChI is InChI=1S/C13H14N2O/c1-2-11(14)13(16)10-5-3-7-12-9(10)6-4-8-15-12/h3-8,11H,2,14H2,1H3. The van der Waals surface area contributed by atoms with Crippen molar-refractivity contribution < 1.29 is 4.79 Å². The largest absolute Gasteiger partial charge is 0.321 e. The lowest BCUT2D eigenvalue weighted by molar-refractivity contribution is 0.0961. The minimum atomic E-state index is -0.425. The van der Waals surface area contributed by atoms with Crippen molar-refractivity contribution in [2.24, 2.45) is 5.73 Å². The van der Waals surface area contributed by atoms with Gasteiger partial charge in [-0.2, -0.15) is 0 Å². The predicted molar refractivity (Wildman–Crippen MR) is 64.3 cm³/mol. The Balaban J connectivity index is 2.56. The first-order chi connectivity index (χ1) is 7.74. The van der Waals surface area contributed by atoms with Crippen LogP contribution in [0.15, 0.2) is 36.5 Å². The first-order valence-electron chi connectivity index (χ1n) is 5.37. The van der Waals surface area contributed by atoms with E-state index in [0.29, 0.717) is 12.0 Å². The number of aromatic nitrogens is 1. The van der Waals surface area contributed by atoms with Crippen LogP contribution in [0.4, 0.5) is 0 Å². The van der Waals surface area contributed by atoms with Crippen LogP contribution >= 0.6 is 0 Å². The molecular formula is C13H14N2O. The molecule has 1 atom stereocenters. The van der Waals surface area contributed by atoms with E-state index in [1.54, 1.807) is 6.20 Å². The number of carbonyl (C=O) groups is 1. The zero-order valence-corrected chi connectivity index (χ0v) is 9.18. The monoisotopic (exact) mass is 214 g/mol. The first kappa shape index (κ1) is 10.8. The Hall–Kier alpha value is -1.74. The number of hydrogen-bond donors (Lipinski definition) is 1. The normalized spacial score (nSPS) is 12.6. The van der Waals surface area contributed by atoms with Crippen LogP contribution in [0.3, 0.4) is 0 Å². The fraction of sp³-hybridized carbons (Fsp3) is 0.231. The molecular weight excluding hydrogens is 200 g/mol. The van der Waals surface area contributed by atoms with Crippen LogP contribution in [0.1, 0.15) is 23.7 Å². The van der Waals surface area contributed by atoms with E-state index >= 15 is 0 Å². The maximum atomic E-state index is 12.0. The van der Waals surface area contributed by atoms with E-state index in [1.165, 1.54) is 0 Å². The third kappa shape index (κ3) is 1.82. The molecule has 1 aromatic carbocycles. The molecule has 0 amide bonds. The van der Waals surface area contributed by atoms with Crippen LogP contribution in [-0.4, -0.2) is 16.8 Å². The van der Waals surface area contributed by atoms with Crippen molar-refractivity contribution in [3.63, 3.8) is 0 Å². The fourth-order valence-electron chi connectivity index (χ4n) is 1.70. The van der Waals surface area contributed by atoms with Gasteiger partial charge in [0.25, 0.3) is 0 Å². The highest BCUT2D eigenvalue weighted by Crippen LogP contribution is 2.18. The Bertz CT molecular complexity index is 517. The molecule has 0 aliphatic rings. The van der Waals surface area contributed by atoms with E-state index in [9.17, 15) is 4.79 Å². The third-order valence-electron chi connectivity index (χ3n) is 2.69. The molecule has 3 heteroatoms. The van der Waals surface area contributed by atoms with E-state index in [-0.39, 0.29) is 5.78 Å². The topological polar surface area (TPSA) is 56.0 Å². The number of fused-ring (bicyclic) bond motifs is 1. The Morgan fingerprint density at radius 2 is 2.19 bits per heavy atom. The van der Waals surface area contributed by atoms with Crippen molar-refractivity contribution in [3.05, 3.63) is 42.1 Å². The summed E-state index contributed by atoms with van der Waals surface area (Å²) in [6.45, 7) is 1.91. The molecule has 1 unspecified atom stereocenters. The second kappa shape index (κ2) is 4.41. The summed E-state index contributed by atoms with van der Waals surface area (Å²) < 4.78 is 0. The van der Waals surface area contributed by atoms with Gasteiger partial charge in [-0.25, -0.2) is 0 Å². The Morgan fingerprint density at radius 1 is 1.38 bits per heavy atom. The number of nitrogens with two attached hydrogens (primary N) is 1. The minimum Gasteiger partial charge on any atom is -0.321 e. The van der Waals surface area contributed by atoms with Crippen LogP contribution < -0.4 is 5.73 Å². The van der Waals surface area contributed by atoms with Crippen molar-refractivity contribution in [1.29, 1.82) is 0 Å². The highest BCUT2D eigenvalue weighted by molar-refractivity contribution is 6.09. The van der Waals surface area contributed by atoms with Crippen LogP contribution in [0.25, 0.3) is 10.9 Å². The molecule has 0 bridgehead atoms. The zero-order valence-electron chi connectivity index (χ0n) is 9.18. The molecule has 2 rings (SSSR count). The molecule has 2 N–H and O–H groups in total. The van der Waals surface area contributed by atoms with E-state index in [0.717, 1.165) is 10.9 Å². The Kier molecular flexibility index (Phi) is 2.97. The molecule has 82 valence electrons. The van der Waals surface area contributed by atoms with Crippen molar-refractivity contribution in [2.45, 2.75) is 19.4 Å². The molecule has 0 aliphatic carbocycles. The Labute approximate surface area is 94.3 Å². The fourth-order valence-corrected chi connectivity index (χ4v) is 1.70. The molecule has 0 radical (unpaired) electrons. The highest BCUT2D eigenvalue weighted by atomic mass is 16.1. The van der Waals surface area contributed by atoms with Gasteiger partial charge >= 0.3 is 0 Å². The summed E-state index contributed by atoms with van der Waals surface area (Å²) in [7, 11) is 0. The lowest BCUT2D eigenvalue weighted by atomic mass is 9.99. The molecule has 16 heavy (non-hydrogen) atoms. The summed E-state index contributed by atoms with van der Waals surface area (Å²) in [4.78, 5) is 16.3. The van der Waals surface area contributed by atoms with Crippen molar-refractivity contribution in [3.8, 4) is 0 Å². The minimum absolute atomic E-state index is 0.0129. The summed E-state index contributed by atoms with van der Waals surface area (Å²) in [5, 5.41) is 0.874. The van der Waals surface area contributed by atoms with Crippen LogP contribution in [-0.2, 0) is 0 Å². The number of hydrogen-bond acceptors (Lipinski definition) is 3. The summed E-state index contributed by atoms with van der Waals surface area (Å²) in [6, 6.07) is 8.84. The van der Waals surface area contributed by atoms with Crippen molar-refractivity contribution >= 4 is 16.7 Å². The predicted octanol–water partition coefficient (Wildman–Crippen LogP) is 2.15. The molecule has 0 fully saturated rings. The number of rotatable bonds is 3. The van der Waals surface area contributed by atoms with Crippen molar-refractivity contribution in [2.75, 3.05) is 0 Å². The van der Waals surface area contributed by atoms with E-state index < -0.39 is 6.04 Å². The lowest BCUT2D eigenvalue weighted by Gasteiger charge is -2.09. The van der Waals surface area contributed by atoms with E-state index in [2.05, 4.69) is 4.98 Å². The van der Waals surface area contributed by atoms with Gasteiger partial charge in [0.15, 0.2) is 5.78 Å². The summed E-state index contributed by atoms with van der Waals surface area (Å²) >= 11 is 0. The van der Waals surface area contributed by atoms with E-state index in [1.807, 2.05) is 37.3 Å². The molecule has 0 spiro atoms. The molecule has 0 saturated heterocycles. The number of benzene rings is 1.